The Kier molecular flexibility index (Phi) is 7.29. The van der Waals surface area contributed by atoms with Gasteiger partial charge in [0.2, 0.25) is 5.91 Å². The fourth-order valence-electron chi connectivity index (χ4n) is 1.35. The summed E-state index contributed by atoms with van der Waals surface area (Å²) in [7, 11) is 1.62. The average Bonchev–Trinajstić information content (AvgIpc) is 2.16. The zero-order valence-electron chi connectivity index (χ0n) is 10.5. The van der Waals surface area contributed by atoms with Crippen LogP contribution in [0.3, 0.4) is 0 Å². The van der Waals surface area contributed by atoms with Gasteiger partial charge in [-0.1, -0.05) is 0 Å². The summed E-state index contributed by atoms with van der Waals surface area (Å²) in [6, 6.07) is -0.506. The molecule has 0 saturated carbocycles. The molecule has 0 heterocycles. The fourth-order valence-corrected chi connectivity index (χ4v) is 1.35. The Bertz CT molecular complexity index is 207. The molecule has 1 amide bonds. The van der Waals surface area contributed by atoms with Crippen LogP contribution in [0.4, 0.5) is 0 Å². The van der Waals surface area contributed by atoms with Crippen LogP contribution in [-0.2, 0) is 9.53 Å². The third kappa shape index (κ3) is 6.76. The second kappa shape index (κ2) is 7.60. The van der Waals surface area contributed by atoms with Gasteiger partial charge in [-0.3, -0.25) is 4.79 Å². The minimum Gasteiger partial charge on any atom is -0.396 e. The van der Waals surface area contributed by atoms with Crippen LogP contribution >= 0.6 is 0 Å². The molecule has 96 valence electrons. The number of rotatable bonds is 8. The number of nitrogens with two attached hydrogens (primary N) is 1. The first-order valence-corrected chi connectivity index (χ1v) is 5.60. The third-order valence-electron chi connectivity index (χ3n) is 2.40. The molecule has 0 rings (SSSR count). The van der Waals surface area contributed by atoms with E-state index in [0.29, 0.717) is 19.4 Å². The second-order valence-electron chi connectivity index (χ2n) is 4.59. The van der Waals surface area contributed by atoms with E-state index < -0.39 is 11.6 Å². The van der Waals surface area contributed by atoms with Gasteiger partial charge in [-0.05, 0) is 33.1 Å². The molecule has 0 spiro atoms. The zero-order chi connectivity index (χ0) is 12.6. The van der Waals surface area contributed by atoms with Gasteiger partial charge in [0.25, 0.3) is 0 Å². The molecule has 4 N–H and O–H groups in total. The maximum Gasteiger partial charge on any atom is 0.237 e. The third-order valence-corrected chi connectivity index (χ3v) is 2.40. The summed E-state index contributed by atoms with van der Waals surface area (Å²) < 4.78 is 4.89. The Balaban J connectivity index is 3.94. The number of hydrogen-bond acceptors (Lipinski definition) is 4. The molecule has 0 fully saturated rings. The molecule has 0 saturated heterocycles. The van der Waals surface area contributed by atoms with E-state index in [9.17, 15) is 4.79 Å². The maximum atomic E-state index is 11.7. The molecule has 0 aromatic heterocycles. The molecule has 0 aromatic rings. The molecule has 1 unspecified atom stereocenters. The molecule has 0 aliphatic heterocycles. The zero-order valence-corrected chi connectivity index (χ0v) is 10.5. The largest absolute Gasteiger partial charge is 0.396 e. The average molecular weight is 232 g/mol. The standard InChI is InChI=1S/C11H24N2O3/c1-11(2,6-7-14)13-10(15)9(12)5-4-8-16-3/h9,14H,4-8,12H2,1-3H3,(H,13,15). The van der Waals surface area contributed by atoms with Gasteiger partial charge in [0.15, 0.2) is 0 Å². The smallest absolute Gasteiger partial charge is 0.237 e. The highest BCUT2D eigenvalue weighted by atomic mass is 16.5. The van der Waals surface area contributed by atoms with Crippen LogP contribution in [0, 0.1) is 0 Å². The summed E-state index contributed by atoms with van der Waals surface area (Å²) in [4.78, 5) is 11.7. The number of carbonyl (C=O) groups is 1. The molecule has 0 aromatic carbocycles. The number of hydrogen-bond donors (Lipinski definition) is 3. The van der Waals surface area contributed by atoms with Gasteiger partial charge in [-0.25, -0.2) is 0 Å². The topological polar surface area (TPSA) is 84.6 Å². The molecule has 0 aliphatic rings. The quantitative estimate of drug-likeness (QED) is 0.515. The van der Waals surface area contributed by atoms with Crippen molar-refractivity contribution in [3.05, 3.63) is 0 Å². The molecule has 1 atom stereocenters. The van der Waals surface area contributed by atoms with Gasteiger partial charge in [-0.15, -0.1) is 0 Å². The molecule has 0 aliphatic carbocycles. The van der Waals surface area contributed by atoms with Gasteiger partial charge in [-0.2, -0.15) is 0 Å². The van der Waals surface area contributed by atoms with E-state index in [2.05, 4.69) is 5.32 Å². The molecule has 16 heavy (non-hydrogen) atoms. The lowest BCUT2D eigenvalue weighted by atomic mass is 10.00. The number of aliphatic hydroxyl groups is 1. The van der Waals surface area contributed by atoms with Crippen LogP contribution in [0.2, 0.25) is 0 Å². The number of amides is 1. The van der Waals surface area contributed by atoms with E-state index in [0.717, 1.165) is 6.42 Å². The van der Waals surface area contributed by atoms with Crippen LogP contribution in [0.5, 0.6) is 0 Å². The highest BCUT2D eigenvalue weighted by Gasteiger charge is 2.22. The number of aliphatic hydroxyl groups excluding tert-OH is 1. The fraction of sp³-hybridized carbons (Fsp3) is 0.909. The van der Waals surface area contributed by atoms with Crippen molar-refractivity contribution in [3.63, 3.8) is 0 Å². The van der Waals surface area contributed by atoms with Gasteiger partial charge in [0.05, 0.1) is 6.04 Å². The number of ether oxygens (including phenoxy) is 1. The minimum absolute atomic E-state index is 0.0478. The Labute approximate surface area is 97.3 Å². The lowest BCUT2D eigenvalue weighted by Gasteiger charge is -2.27. The van der Waals surface area contributed by atoms with E-state index >= 15 is 0 Å². The first-order chi connectivity index (χ1) is 7.43. The summed E-state index contributed by atoms with van der Waals surface area (Å²) >= 11 is 0. The van der Waals surface area contributed by atoms with Crippen LogP contribution in [0.15, 0.2) is 0 Å². The normalized spacial score (nSPS) is 13.6. The molecular formula is C11H24N2O3. The Morgan fingerprint density at radius 2 is 2.19 bits per heavy atom. The first-order valence-electron chi connectivity index (χ1n) is 5.60. The molecular weight excluding hydrogens is 208 g/mol. The second-order valence-corrected chi connectivity index (χ2v) is 4.59. The number of nitrogens with one attached hydrogen (secondary N) is 1. The van der Waals surface area contributed by atoms with E-state index in [1.807, 2.05) is 13.8 Å². The van der Waals surface area contributed by atoms with E-state index in [1.54, 1.807) is 7.11 Å². The van der Waals surface area contributed by atoms with Crippen molar-refractivity contribution in [3.8, 4) is 0 Å². The van der Waals surface area contributed by atoms with Gasteiger partial charge < -0.3 is 20.9 Å². The highest BCUT2D eigenvalue weighted by molar-refractivity contribution is 5.82. The first kappa shape index (κ1) is 15.3. The lowest BCUT2D eigenvalue weighted by molar-refractivity contribution is -0.124. The van der Waals surface area contributed by atoms with E-state index in [-0.39, 0.29) is 12.5 Å². The van der Waals surface area contributed by atoms with Crippen molar-refractivity contribution in [2.24, 2.45) is 5.73 Å². The maximum absolute atomic E-state index is 11.7. The minimum atomic E-state index is -0.506. The summed E-state index contributed by atoms with van der Waals surface area (Å²) in [5, 5.41) is 11.6. The summed E-state index contributed by atoms with van der Waals surface area (Å²) in [6.07, 6.45) is 1.89. The number of methoxy groups -OCH3 is 1. The van der Waals surface area contributed by atoms with Crippen molar-refractivity contribution < 1.29 is 14.6 Å². The van der Waals surface area contributed by atoms with E-state index in [4.69, 9.17) is 15.6 Å². The van der Waals surface area contributed by atoms with Crippen molar-refractivity contribution in [1.82, 2.24) is 5.32 Å². The predicted octanol–water partition coefficient (Wildman–Crippen LogP) is 0.0175. The molecule has 0 radical (unpaired) electrons. The Morgan fingerprint density at radius 3 is 2.69 bits per heavy atom. The van der Waals surface area contributed by atoms with Gasteiger partial charge >= 0.3 is 0 Å². The van der Waals surface area contributed by atoms with Crippen molar-refractivity contribution in [1.29, 1.82) is 0 Å². The van der Waals surface area contributed by atoms with Gasteiger partial charge in [0.1, 0.15) is 0 Å². The molecule has 0 bridgehead atoms. The van der Waals surface area contributed by atoms with Crippen molar-refractivity contribution >= 4 is 5.91 Å². The van der Waals surface area contributed by atoms with Crippen molar-refractivity contribution in [2.45, 2.75) is 44.7 Å². The van der Waals surface area contributed by atoms with Crippen LogP contribution in [0.1, 0.15) is 33.1 Å². The SMILES string of the molecule is COCCCC(N)C(=O)NC(C)(C)CCO. The number of carbonyl (C=O) groups excluding carboxylic acids is 1. The molecule has 5 nitrogen and oxygen atoms in total. The Hall–Kier alpha value is -0.650. The molecule has 5 heteroatoms. The lowest BCUT2D eigenvalue weighted by Crippen LogP contribution is -2.50. The van der Waals surface area contributed by atoms with Crippen LogP contribution in [0.25, 0.3) is 0 Å². The highest BCUT2D eigenvalue weighted by Crippen LogP contribution is 2.08. The monoisotopic (exact) mass is 232 g/mol. The van der Waals surface area contributed by atoms with Gasteiger partial charge in [0, 0.05) is 25.9 Å². The van der Waals surface area contributed by atoms with Crippen LogP contribution in [-0.4, -0.2) is 42.9 Å². The summed E-state index contributed by atoms with van der Waals surface area (Å²) in [5.41, 5.74) is 5.32. The summed E-state index contributed by atoms with van der Waals surface area (Å²) in [5.74, 6) is -0.172. The Morgan fingerprint density at radius 1 is 1.56 bits per heavy atom. The van der Waals surface area contributed by atoms with Crippen molar-refractivity contribution in [2.75, 3.05) is 20.3 Å². The summed E-state index contributed by atoms with van der Waals surface area (Å²) in [6.45, 7) is 4.39. The van der Waals surface area contributed by atoms with E-state index in [1.165, 1.54) is 0 Å². The van der Waals surface area contributed by atoms with Crippen LogP contribution < -0.4 is 11.1 Å². The predicted molar refractivity (Wildman–Crippen MR) is 63.0 cm³/mol.